The van der Waals surface area contributed by atoms with Crippen molar-refractivity contribution in [3.63, 3.8) is 0 Å². The van der Waals surface area contributed by atoms with E-state index in [2.05, 4.69) is 42.7 Å². The van der Waals surface area contributed by atoms with Gasteiger partial charge in [-0.3, -0.25) is 10.6 Å². The van der Waals surface area contributed by atoms with Gasteiger partial charge in [-0.05, 0) is 36.1 Å². The lowest BCUT2D eigenvalue weighted by molar-refractivity contribution is 0.254. The van der Waals surface area contributed by atoms with E-state index >= 15 is 0 Å². The van der Waals surface area contributed by atoms with Gasteiger partial charge in [0.1, 0.15) is 11.9 Å². The van der Waals surface area contributed by atoms with Gasteiger partial charge in [0.05, 0.1) is 6.17 Å². The highest BCUT2D eigenvalue weighted by Gasteiger charge is 2.22. The molecule has 1 atom stereocenters. The Morgan fingerprint density at radius 1 is 1.18 bits per heavy atom. The van der Waals surface area contributed by atoms with Crippen molar-refractivity contribution >= 4 is 0 Å². The first kappa shape index (κ1) is 11.1. The van der Waals surface area contributed by atoms with E-state index < -0.39 is 0 Å². The van der Waals surface area contributed by atoms with Crippen LogP contribution in [0.25, 0.3) is 0 Å². The molecule has 0 bridgehead atoms. The maximum Gasteiger partial charge on any atom is 0.123 e. The average Bonchev–Trinajstić information content (AvgIpc) is 2.69. The minimum absolute atomic E-state index is 0.299. The summed E-state index contributed by atoms with van der Waals surface area (Å²) in [5.41, 5.74) is 2.67. The Bertz CT molecular complexity index is 411. The number of hydrogen-bond acceptors (Lipinski definition) is 3. The minimum atomic E-state index is 0.299. The molecule has 3 rings (SSSR count). The van der Waals surface area contributed by atoms with E-state index in [0.717, 1.165) is 25.3 Å². The second-order valence-electron chi connectivity index (χ2n) is 5.35. The number of benzene rings is 1. The summed E-state index contributed by atoms with van der Waals surface area (Å²) in [6.45, 7) is 6.55. The molecule has 1 aromatic rings. The zero-order valence-electron chi connectivity index (χ0n) is 10.5. The van der Waals surface area contributed by atoms with Crippen molar-refractivity contribution in [1.82, 2.24) is 10.6 Å². The van der Waals surface area contributed by atoms with Crippen LogP contribution in [0.5, 0.6) is 5.75 Å². The molecule has 2 aliphatic rings. The summed E-state index contributed by atoms with van der Waals surface area (Å²) in [5.74, 6) is 1.77. The van der Waals surface area contributed by atoms with Crippen LogP contribution < -0.4 is 15.4 Å². The molecule has 0 amide bonds. The largest absolute Gasteiger partial charge is 0.490 e. The highest BCUT2D eigenvalue weighted by Crippen LogP contribution is 2.31. The fraction of sp³-hybridized carbons (Fsp3) is 0.571. The normalized spacial score (nSPS) is 32.0. The van der Waals surface area contributed by atoms with Gasteiger partial charge in [-0.1, -0.05) is 13.0 Å². The van der Waals surface area contributed by atoms with E-state index in [0.29, 0.717) is 18.2 Å². The topological polar surface area (TPSA) is 33.3 Å². The first-order valence-electron chi connectivity index (χ1n) is 6.48. The standard InChI is InChI=1S/C14H20N2O/c1-9-7-15-14(16-8-9)11-3-4-13-12(6-11)5-10(2)17-13/h3-4,6,9-10,14-16H,5,7-8H2,1-2H3. The molecule has 0 aliphatic carbocycles. The van der Waals surface area contributed by atoms with Crippen molar-refractivity contribution in [1.29, 1.82) is 0 Å². The molecule has 3 heteroatoms. The highest BCUT2D eigenvalue weighted by atomic mass is 16.5. The summed E-state index contributed by atoms with van der Waals surface area (Å²) in [7, 11) is 0. The van der Waals surface area contributed by atoms with Crippen molar-refractivity contribution in [2.75, 3.05) is 13.1 Å². The molecule has 17 heavy (non-hydrogen) atoms. The molecule has 2 aliphatic heterocycles. The van der Waals surface area contributed by atoms with Gasteiger partial charge in [0.2, 0.25) is 0 Å². The van der Waals surface area contributed by atoms with Crippen LogP contribution in [-0.4, -0.2) is 19.2 Å². The fourth-order valence-electron chi connectivity index (χ4n) is 2.64. The minimum Gasteiger partial charge on any atom is -0.490 e. The van der Waals surface area contributed by atoms with Crippen LogP contribution in [-0.2, 0) is 6.42 Å². The third-order valence-corrected chi connectivity index (χ3v) is 3.59. The maximum atomic E-state index is 5.73. The lowest BCUT2D eigenvalue weighted by Gasteiger charge is -2.29. The molecule has 2 N–H and O–H groups in total. The first-order valence-corrected chi connectivity index (χ1v) is 6.48. The van der Waals surface area contributed by atoms with Gasteiger partial charge in [-0.25, -0.2) is 0 Å². The molecule has 1 fully saturated rings. The molecule has 92 valence electrons. The summed E-state index contributed by atoms with van der Waals surface area (Å²) in [6, 6.07) is 6.55. The number of nitrogens with one attached hydrogen (secondary N) is 2. The monoisotopic (exact) mass is 232 g/mol. The molecule has 2 heterocycles. The Morgan fingerprint density at radius 3 is 2.71 bits per heavy atom. The van der Waals surface area contributed by atoms with Crippen LogP contribution in [0, 0.1) is 5.92 Å². The van der Waals surface area contributed by atoms with E-state index in [9.17, 15) is 0 Å². The van der Waals surface area contributed by atoms with Crippen LogP contribution in [0.2, 0.25) is 0 Å². The van der Waals surface area contributed by atoms with Crippen molar-refractivity contribution in [2.45, 2.75) is 32.5 Å². The molecule has 0 saturated carbocycles. The van der Waals surface area contributed by atoms with Gasteiger partial charge < -0.3 is 4.74 Å². The van der Waals surface area contributed by atoms with E-state index in [1.54, 1.807) is 0 Å². The first-order chi connectivity index (χ1) is 8.22. The van der Waals surface area contributed by atoms with E-state index in [-0.39, 0.29) is 0 Å². The molecular weight excluding hydrogens is 212 g/mol. The number of rotatable bonds is 1. The Morgan fingerprint density at radius 2 is 1.94 bits per heavy atom. The zero-order valence-corrected chi connectivity index (χ0v) is 10.5. The van der Waals surface area contributed by atoms with Gasteiger partial charge in [0.15, 0.2) is 0 Å². The predicted molar refractivity (Wildman–Crippen MR) is 68.1 cm³/mol. The van der Waals surface area contributed by atoms with E-state index in [1.165, 1.54) is 11.1 Å². The number of ether oxygens (including phenoxy) is 1. The van der Waals surface area contributed by atoms with Crippen molar-refractivity contribution < 1.29 is 4.74 Å². The lowest BCUT2D eigenvalue weighted by atomic mass is 10.0. The van der Waals surface area contributed by atoms with Gasteiger partial charge in [0.25, 0.3) is 0 Å². The predicted octanol–water partition coefficient (Wildman–Crippen LogP) is 1.84. The van der Waals surface area contributed by atoms with Crippen LogP contribution in [0.1, 0.15) is 31.1 Å². The van der Waals surface area contributed by atoms with E-state index in [4.69, 9.17) is 4.74 Å². The molecule has 1 aromatic carbocycles. The average molecular weight is 232 g/mol. The van der Waals surface area contributed by atoms with Gasteiger partial charge in [-0.15, -0.1) is 0 Å². The molecule has 0 radical (unpaired) electrons. The summed E-state index contributed by atoms with van der Waals surface area (Å²) in [5, 5.41) is 7.07. The van der Waals surface area contributed by atoms with Crippen LogP contribution >= 0.6 is 0 Å². The van der Waals surface area contributed by atoms with E-state index in [1.807, 2.05) is 0 Å². The second-order valence-corrected chi connectivity index (χ2v) is 5.35. The van der Waals surface area contributed by atoms with Crippen LogP contribution in [0.4, 0.5) is 0 Å². The molecule has 1 saturated heterocycles. The van der Waals surface area contributed by atoms with Gasteiger partial charge in [0, 0.05) is 19.5 Å². The van der Waals surface area contributed by atoms with Crippen LogP contribution in [0.15, 0.2) is 18.2 Å². The molecule has 0 spiro atoms. The molecular formula is C14H20N2O. The third-order valence-electron chi connectivity index (χ3n) is 3.59. The Hall–Kier alpha value is -1.06. The summed E-state index contributed by atoms with van der Waals surface area (Å²) in [4.78, 5) is 0. The third kappa shape index (κ3) is 2.17. The van der Waals surface area contributed by atoms with Gasteiger partial charge in [-0.2, -0.15) is 0 Å². The Kier molecular flexibility index (Phi) is 2.81. The molecule has 3 nitrogen and oxygen atoms in total. The highest BCUT2D eigenvalue weighted by molar-refractivity contribution is 5.41. The van der Waals surface area contributed by atoms with Gasteiger partial charge >= 0.3 is 0 Å². The smallest absolute Gasteiger partial charge is 0.123 e. The van der Waals surface area contributed by atoms with Crippen LogP contribution in [0.3, 0.4) is 0 Å². The molecule has 0 aromatic heterocycles. The lowest BCUT2D eigenvalue weighted by Crippen LogP contribution is -2.45. The zero-order chi connectivity index (χ0) is 11.8. The summed E-state index contributed by atoms with van der Waals surface area (Å²) in [6.07, 6.45) is 1.66. The maximum absolute atomic E-state index is 5.73. The Labute approximate surface area is 103 Å². The summed E-state index contributed by atoms with van der Waals surface area (Å²) < 4.78 is 5.73. The second kappa shape index (κ2) is 4.31. The number of fused-ring (bicyclic) bond motifs is 1. The Balaban J connectivity index is 1.78. The summed E-state index contributed by atoms with van der Waals surface area (Å²) >= 11 is 0. The number of hydrogen-bond donors (Lipinski definition) is 2. The molecule has 1 unspecified atom stereocenters. The quantitative estimate of drug-likeness (QED) is 0.775. The van der Waals surface area contributed by atoms with Crippen molar-refractivity contribution in [2.24, 2.45) is 5.92 Å². The SMILES string of the molecule is CC1CNC(c2ccc3c(c2)CC(C)O3)NC1. The van der Waals surface area contributed by atoms with Crippen molar-refractivity contribution in [3.05, 3.63) is 29.3 Å². The fourth-order valence-corrected chi connectivity index (χ4v) is 2.64. The van der Waals surface area contributed by atoms with Crippen molar-refractivity contribution in [3.8, 4) is 5.75 Å².